The lowest BCUT2D eigenvalue weighted by atomic mass is 10.1. The third-order valence-electron chi connectivity index (χ3n) is 1.53. The fourth-order valence-corrected chi connectivity index (χ4v) is 0.886. The van der Waals surface area contributed by atoms with Gasteiger partial charge in [0.25, 0.3) is 5.69 Å². The Labute approximate surface area is 79.3 Å². The monoisotopic (exact) mass is 227 g/mol. The van der Waals surface area contributed by atoms with Crippen LogP contribution in [0.15, 0.2) is 12.1 Å². The second kappa shape index (κ2) is 3.44. The van der Waals surface area contributed by atoms with E-state index in [1.807, 2.05) is 0 Å². The predicted octanol–water partition coefficient (Wildman–Crippen LogP) is 2.89. The van der Waals surface area contributed by atoms with E-state index < -0.39 is 34.0 Å². The van der Waals surface area contributed by atoms with E-state index in [0.29, 0.717) is 0 Å². The van der Waals surface area contributed by atoms with Gasteiger partial charge in [0, 0.05) is 6.07 Å². The summed E-state index contributed by atoms with van der Waals surface area (Å²) in [5.74, 6) is -4.05. The van der Waals surface area contributed by atoms with E-state index in [-0.39, 0.29) is 12.1 Å². The maximum Gasteiger partial charge on any atom is 0.419 e. The Kier molecular flexibility index (Phi) is 2.61. The summed E-state index contributed by atoms with van der Waals surface area (Å²) < 4.78 is 61.3. The van der Waals surface area contributed by atoms with Gasteiger partial charge < -0.3 is 0 Å². The fraction of sp³-hybridized carbons (Fsp3) is 0.143. The van der Waals surface area contributed by atoms with Crippen molar-refractivity contribution in [2.45, 2.75) is 6.18 Å². The second-order valence-electron chi connectivity index (χ2n) is 2.54. The Morgan fingerprint density at radius 2 is 1.73 bits per heavy atom. The molecule has 0 aliphatic carbocycles. The third kappa shape index (κ3) is 2.20. The number of halogens is 5. The molecule has 8 heteroatoms. The molecule has 1 aromatic rings. The first-order chi connectivity index (χ1) is 6.73. The fourth-order valence-electron chi connectivity index (χ4n) is 0.886. The van der Waals surface area contributed by atoms with Crippen molar-refractivity contribution in [3.8, 4) is 0 Å². The van der Waals surface area contributed by atoms with Crippen molar-refractivity contribution in [3.63, 3.8) is 0 Å². The van der Waals surface area contributed by atoms with E-state index in [1.165, 1.54) is 0 Å². The van der Waals surface area contributed by atoms with Gasteiger partial charge >= 0.3 is 6.18 Å². The van der Waals surface area contributed by atoms with Crippen LogP contribution in [-0.4, -0.2) is 4.92 Å². The Bertz CT molecular complexity index is 415. The molecule has 0 atom stereocenters. The summed E-state index contributed by atoms with van der Waals surface area (Å²) in [5.41, 5.74) is -3.14. The number of nitrogens with zero attached hydrogens (tertiary/aromatic N) is 1. The number of alkyl halides is 3. The largest absolute Gasteiger partial charge is 0.419 e. The first-order valence-corrected chi connectivity index (χ1v) is 3.44. The average Bonchev–Trinajstić information content (AvgIpc) is 2.06. The molecular formula is C7H2F5NO2. The first kappa shape index (κ1) is 11.3. The van der Waals surface area contributed by atoms with Crippen LogP contribution in [0.4, 0.5) is 27.6 Å². The number of nitro benzene ring substituents is 1. The molecule has 1 rings (SSSR count). The number of hydrogen-bond acceptors (Lipinski definition) is 2. The van der Waals surface area contributed by atoms with Crippen LogP contribution in [0, 0.1) is 21.7 Å². The van der Waals surface area contributed by atoms with Gasteiger partial charge in [-0.25, -0.2) is 8.78 Å². The summed E-state index contributed by atoms with van der Waals surface area (Å²) in [4.78, 5) is 8.85. The summed E-state index contributed by atoms with van der Waals surface area (Å²) in [6.45, 7) is 0. The highest BCUT2D eigenvalue weighted by atomic mass is 19.4. The van der Waals surface area contributed by atoms with E-state index in [4.69, 9.17) is 0 Å². The van der Waals surface area contributed by atoms with E-state index in [2.05, 4.69) is 0 Å². The van der Waals surface area contributed by atoms with E-state index >= 15 is 0 Å². The van der Waals surface area contributed by atoms with Crippen LogP contribution >= 0.6 is 0 Å². The zero-order valence-electron chi connectivity index (χ0n) is 6.81. The lowest BCUT2D eigenvalue weighted by molar-refractivity contribution is -0.385. The Hall–Kier alpha value is -1.73. The summed E-state index contributed by atoms with van der Waals surface area (Å²) in [7, 11) is 0. The van der Waals surface area contributed by atoms with Gasteiger partial charge in [0.2, 0.25) is 0 Å². The quantitative estimate of drug-likeness (QED) is 0.420. The summed E-state index contributed by atoms with van der Waals surface area (Å²) in [6, 6.07) is 0.0307. The van der Waals surface area contributed by atoms with Crippen LogP contribution in [0.5, 0.6) is 0 Å². The number of rotatable bonds is 1. The predicted molar refractivity (Wildman–Crippen MR) is 38.0 cm³/mol. The molecular weight excluding hydrogens is 225 g/mol. The molecule has 1 aromatic carbocycles. The molecule has 0 N–H and O–H groups in total. The molecule has 0 aromatic heterocycles. The Morgan fingerprint density at radius 3 is 2.13 bits per heavy atom. The van der Waals surface area contributed by atoms with Crippen LogP contribution in [-0.2, 0) is 6.18 Å². The second-order valence-corrected chi connectivity index (χ2v) is 2.54. The van der Waals surface area contributed by atoms with Crippen LogP contribution < -0.4 is 0 Å². The number of benzene rings is 1. The highest BCUT2D eigenvalue weighted by Gasteiger charge is 2.37. The smallest absolute Gasteiger partial charge is 0.258 e. The highest BCUT2D eigenvalue weighted by Crippen LogP contribution is 2.34. The van der Waals surface area contributed by atoms with Crippen LogP contribution in [0.2, 0.25) is 0 Å². The maximum atomic E-state index is 12.6. The van der Waals surface area contributed by atoms with Gasteiger partial charge in [-0.1, -0.05) is 0 Å². The van der Waals surface area contributed by atoms with Crippen molar-refractivity contribution in [1.29, 1.82) is 0 Å². The zero-order valence-corrected chi connectivity index (χ0v) is 6.81. The van der Waals surface area contributed by atoms with Gasteiger partial charge in [-0.3, -0.25) is 10.1 Å². The Balaban J connectivity index is 3.45. The maximum absolute atomic E-state index is 12.6. The van der Waals surface area contributed by atoms with Crippen molar-refractivity contribution in [2.24, 2.45) is 0 Å². The molecule has 0 unspecified atom stereocenters. The molecule has 0 saturated heterocycles. The molecule has 0 heterocycles. The molecule has 82 valence electrons. The molecule has 3 nitrogen and oxygen atoms in total. The van der Waals surface area contributed by atoms with Crippen molar-refractivity contribution < 1.29 is 26.9 Å². The normalized spacial score (nSPS) is 11.5. The minimum Gasteiger partial charge on any atom is -0.258 e. The lowest BCUT2D eigenvalue weighted by Crippen LogP contribution is -2.10. The molecule has 0 amide bonds. The lowest BCUT2D eigenvalue weighted by Gasteiger charge is -2.07. The molecule has 0 radical (unpaired) electrons. The van der Waals surface area contributed by atoms with E-state index in [0.717, 1.165) is 0 Å². The van der Waals surface area contributed by atoms with Crippen molar-refractivity contribution >= 4 is 5.69 Å². The van der Waals surface area contributed by atoms with Gasteiger partial charge in [-0.05, 0) is 0 Å². The topological polar surface area (TPSA) is 43.1 Å². The molecule has 0 spiro atoms. The van der Waals surface area contributed by atoms with Gasteiger partial charge in [-0.15, -0.1) is 0 Å². The molecule has 0 bridgehead atoms. The summed E-state index contributed by atoms with van der Waals surface area (Å²) in [5, 5.41) is 10.1. The molecule has 0 aliphatic heterocycles. The van der Waals surface area contributed by atoms with Gasteiger partial charge in [-0.2, -0.15) is 13.2 Å². The molecule has 0 saturated carbocycles. The van der Waals surface area contributed by atoms with Gasteiger partial charge in [0.15, 0.2) is 11.6 Å². The van der Waals surface area contributed by atoms with Crippen molar-refractivity contribution in [1.82, 2.24) is 0 Å². The molecule has 15 heavy (non-hydrogen) atoms. The first-order valence-electron chi connectivity index (χ1n) is 3.44. The van der Waals surface area contributed by atoms with Crippen LogP contribution in [0.25, 0.3) is 0 Å². The van der Waals surface area contributed by atoms with Gasteiger partial charge in [0.05, 0.1) is 11.0 Å². The summed E-state index contributed by atoms with van der Waals surface area (Å²) in [6.07, 6.45) is -5.17. The molecule has 0 aliphatic rings. The zero-order chi connectivity index (χ0) is 11.8. The highest BCUT2D eigenvalue weighted by molar-refractivity contribution is 5.37. The van der Waals surface area contributed by atoms with Crippen molar-refractivity contribution in [2.75, 3.05) is 0 Å². The SMILES string of the molecule is O=[N+]([O-])c1cc(F)c(F)c(C(F)(F)F)c1. The van der Waals surface area contributed by atoms with E-state index in [1.54, 1.807) is 0 Å². The minimum atomic E-state index is -5.17. The average molecular weight is 227 g/mol. The minimum absolute atomic E-state index is 0.0571. The van der Waals surface area contributed by atoms with Crippen molar-refractivity contribution in [3.05, 3.63) is 39.4 Å². The summed E-state index contributed by atoms with van der Waals surface area (Å²) >= 11 is 0. The van der Waals surface area contributed by atoms with Gasteiger partial charge in [0.1, 0.15) is 5.56 Å². The number of non-ortho nitro benzene ring substituents is 1. The third-order valence-corrected chi connectivity index (χ3v) is 1.53. The molecule has 0 fully saturated rings. The standard InChI is InChI=1S/C7H2F5NO2/c8-5-2-3(13(14)15)1-4(6(5)9)7(10,11)12/h1-2H. The van der Waals surface area contributed by atoms with Crippen LogP contribution in [0.1, 0.15) is 5.56 Å². The number of nitro groups is 1. The number of hydrogen-bond donors (Lipinski definition) is 0. The Morgan fingerprint density at radius 1 is 1.20 bits per heavy atom. The van der Waals surface area contributed by atoms with Crippen LogP contribution in [0.3, 0.4) is 0 Å². The van der Waals surface area contributed by atoms with E-state index in [9.17, 15) is 32.1 Å².